The number of benzene rings is 8. The quantitative estimate of drug-likeness (QED) is 0.162. The Hall–Kier alpha value is -7.41. The summed E-state index contributed by atoms with van der Waals surface area (Å²) in [7, 11) is 0. The molecule has 8 aromatic carbocycles. The highest BCUT2D eigenvalue weighted by Crippen LogP contribution is 2.44. The summed E-state index contributed by atoms with van der Waals surface area (Å²) in [6, 6.07) is 38.6. The fraction of sp³-hybridized carbons (Fsp3) is 0. The summed E-state index contributed by atoms with van der Waals surface area (Å²) in [5.41, 5.74) is 5.48. The zero-order valence-corrected chi connectivity index (χ0v) is 30.6. The number of hydrogen-bond donors (Lipinski definition) is 0. The van der Waals surface area contributed by atoms with Gasteiger partial charge in [-0.05, 0) is 59.7 Å². The van der Waals surface area contributed by atoms with E-state index in [1.807, 2.05) is 48.5 Å². The van der Waals surface area contributed by atoms with Crippen LogP contribution in [-0.4, -0.2) is 15.0 Å². The molecule has 11 rings (SSSR count). The van der Waals surface area contributed by atoms with Gasteiger partial charge in [0, 0.05) is 70.8 Å². The highest BCUT2D eigenvalue weighted by molar-refractivity contribution is 7.25. The van der Waals surface area contributed by atoms with Gasteiger partial charge >= 0.3 is 0 Å². The molecule has 0 saturated carbocycles. The van der Waals surface area contributed by atoms with E-state index in [9.17, 15) is 0 Å². The molecule has 0 unspecified atom stereocenters. The zero-order valence-electron chi connectivity index (χ0n) is 39.8. The van der Waals surface area contributed by atoms with Crippen LogP contribution < -0.4 is 4.90 Å². The number of fused-ring (bicyclic) bond motifs is 6. The number of aromatic nitrogens is 3. The van der Waals surface area contributed by atoms with E-state index in [2.05, 4.69) is 76.6 Å². The predicted octanol–water partition coefficient (Wildman–Crippen LogP) is 14.3. The molecular weight excluding hydrogens is 717 g/mol. The second-order valence-corrected chi connectivity index (χ2v) is 14.4. The molecule has 57 heavy (non-hydrogen) atoms. The van der Waals surface area contributed by atoms with Crippen molar-refractivity contribution in [3.63, 3.8) is 0 Å². The van der Waals surface area contributed by atoms with Gasteiger partial charge < -0.3 is 9.32 Å². The molecular formula is C51H32N4OS. The lowest BCUT2D eigenvalue weighted by Crippen LogP contribution is -2.09. The molecule has 0 radical (unpaired) electrons. The van der Waals surface area contributed by atoms with Crippen LogP contribution in [0.3, 0.4) is 0 Å². The van der Waals surface area contributed by atoms with Crippen molar-refractivity contribution >= 4 is 70.5 Å². The molecule has 3 heterocycles. The van der Waals surface area contributed by atoms with Crippen LogP contribution in [0, 0.1) is 0 Å². The molecule has 3 aromatic heterocycles. The van der Waals surface area contributed by atoms with Crippen molar-refractivity contribution in [2.24, 2.45) is 0 Å². The Morgan fingerprint density at radius 1 is 0.439 bits per heavy atom. The highest BCUT2D eigenvalue weighted by Gasteiger charge is 2.21. The predicted molar refractivity (Wildman–Crippen MR) is 236 cm³/mol. The van der Waals surface area contributed by atoms with Crippen molar-refractivity contribution in [3.05, 3.63) is 194 Å². The second kappa shape index (κ2) is 13.7. The van der Waals surface area contributed by atoms with Crippen molar-refractivity contribution in [3.8, 4) is 45.3 Å². The minimum Gasteiger partial charge on any atom is -0.456 e. The lowest BCUT2D eigenvalue weighted by atomic mass is 10.0. The molecule has 0 saturated heterocycles. The van der Waals surface area contributed by atoms with Gasteiger partial charge in [-0.3, -0.25) is 0 Å². The number of nitrogens with zero attached hydrogens (tertiary/aromatic N) is 4. The molecule has 6 heteroatoms. The fourth-order valence-electron chi connectivity index (χ4n) is 7.34. The van der Waals surface area contributed by atoms with Crippen LogP contribution in [0.2, 0.25) is 0 Å². The average molecular weight is 759 g/mol. The van der Waals surface area contributed by atoms with Crippen molar-refractivity contribution < 1.29 is 18.1 Å². The van der Waals surface area contributed by atoms with E-state index in [-0.39, 0.29) is 28.6 Å². The van der Waals surface area contributed by atoms with Gasteiger partial charge in [0.2, 0.25) is 0 Å². The number of thiophene rings is 1. The third-order valence-corrected chi connectivity index (χ3v) is 11.0. The van der Waals surface area contributed by atoms with E-state index in [0.717, 1.165) is 32.9 Å². The number of hydrogen-bond acceptors (Lipinski definition) is 6. The summed E-state index contributed by atoms with van der Waals surface area (Å²) in [6.45, 7) is 0. The molecule has 0 spiro atoms. The van der Waals surface area contributed by atoms with Crippen LogP contribution in [0.4, 0.5) is 17.1 Å². The van der Waals surface area contributed by atoms with Gasteiger partial charge in [0.05, 0.1) is 13.7 Å². The van der Waals surface area contributed by atoms with Gasteiger partial charge in [0.15, 0.2) is 17.5 Å². The topological polar surface area (TPSA) is 55.1 Å². The van der Waals surface area contributed by atoms with Crippen LogP contribution in [0.25, 0.3) is 87.4 Å². The number of furan rings is 1. The first-order valence-electron chi connectivity index (χ1n) is 23.1. The van der Waals surface area contributed by atoms with Crippen LogP contribution in [0.15, 0.2) is 198 Å². The van der Waals surface area contributed by atoms with Gasteiger partial charge in [-0.2, -0.15) is 0 Å². The van der Waals surface area contributed by atoms with Crippen molar-refractivity contribution in [1.29, 1.82) is 0 Å². The molecule has 0 bridgehead atoms. The summed E-state index contributed by atoms with van der Waals surface area (Å²) in [4.78, 5) is 16.0. The Kier molecular flexibility index (Phi) is 5.82. The molecule has 5 nitrogen and oxygen atoms in total. The normalized spacial score (nSPS) is 14.0. The SMILES string of the molecule is [2H]c1c([2H])c([2H])c(-c2nc(-c3c([2H])c([2H])c([2H])c([2H])c3[2H])nc(-c3cccc4oc5cc(N(c6cccc(-c7ccccc7)c6)c6ccc7c(c6)sc6ccccc67)ccc5c34)n2)c([2H])c1[2H]. The number of rotatable bonds is 7. The fourth-order valence-corrected chi connectivity index (χ4v) is 8.48. The highest BCUT2D eigenvalue weighted by atomic mass is 32.1. The van der Waals surface area contributed by atoms with Crippen LogP contribution in [0.1, 0.15) is 13.7 Å². The van der Waals surface area contributed by atoms with Gasteiger partial charge in [0.25, 0.3) is 0 Å². The molecule has 0 amide bonds. The van der Waals surface area contributed by atoms with Crippen molar-refractivity contribution in [2.75, 3.05) is 4.90 Å². The van der Waals surface area contributed by atoms with E-state index in [0.29, 0.717) is 27.5 Å². The smallest absolute Gasteiger partial charge is 0.164 e. The lowest BCUT2D eigenvalue weighted by molar-refractivity contribution is 0.669. The van der Waals surface area contributed by atoms with Gasteiger partial charge in [-0.1, -0.05) is 139 Å². The molecule has 0 N–H and O–H groups in total. The van der Waals surface area contributed by atoms with E-state index < -0.39 is 60.4 Å². The molecule has 0 fully saturated rings. The number of anilines is 3. The van der Waals surface area contributed by atoms with Crippen molar-refractivity contribution in [1.82, 2.24) is 15.0 Å². The third kappa shape index (κ3) is 5.91. The summed E-state index contributed by atoms with van der Waals surface area (Å²) in [6.07, 6.45) is 0. The van der Waals surface area contributed by atoms with Crippen LogP contribution >= 0.6 is 11.3 Å². The maximum Gasteiger partial charge on any atom is 0.164 e. The third-order valence-electron chi connectivity index (χ3n) is 9.89. The first-order valence-corrected chi connectivity index (χ1v) is 18.9. The van der Waals surface area contributed by atoms with E-state index in [1.165, 1.54) is 15.5 Å². The monoisotopic (exact) mass is 758 g/mol. The van der Waals surface area contributed by atoms with E-state index in [1.54, 1.807) is 29.5 Å². The Morgan fingerprint density at radius 3 is 1.82 bits per heavy atom. The summed E-state index contributed by atoms with van der Waals surface area (Å²) in [5.74, 6) is -0.744. The molecule has 11 aromatic rings. The van der Waals surface area contributed by atoms with E-state index in [4.69, 9.17) is 28.1 Å². The Labute approximate surface area is 346 Å². The Balaban J connectivity index is 1.12. The zero-order chi connectivity index (χ0) is 46.4. The summed E-state index contributed by atoms with van der Waals surface area (Å²) >= 11 is 1.74. The van der Waals surface area contributed by atoms with Crippen LogP contribution in [0.5, 0.6) is 0 Å². The Morgan fingerprint density at radius 2 is 1.05 bits per heavy atom. The maximum atomic E-state index is 8.77. The minimum atomic E-state index is -0.620. The average Bonchev–Trinajstić information content (AvgIpc) is 3.92. The van der Waals surface area contributed by atoms with Gasteiger partial charge in [0.1, 0.15) is 11.2 Å². The molecule has 0 atom stereocenters. The molecule has 0 aliphatic heterocycles. The van der Waals surface area contributed by atoms with E-state index >= 15 is 0 Å². The molecule has 0 aliphatic carbocycles. The summed E-state index contributed by atoms with van der Waals surface area (Å²) in [5, 5.41) is 3.63. The second-order valence-electron chi connectivity index (χ2n) is 13.3. The first-order chi connectivity index (χ1) is 32.4. The molecule has 268 valence electrons. The summed E-state index contributed by atoms with van der Waals surface area (Å²) < 4.78 is 94.0. The Bertz CT molecular complexity index is 3710. The lowest BCUT2D eigenvalue weighted by Gasteiger charge is -2.26. The van der Waals surface area contributed by atoms with Crippen LogP contribution in [-0.2, 0) is 0 Å². The standard InChI is InChI=1S/C51H32N4OS/c1-4-14-33(15-5-1)36-20-12-21-37(30-36)55(39-26-28-41-40-22-10-11-25-46(40)57-47(41)32-39)38-27-29-42-45(31-38)56-44-24-13-23-43(48(42)44)51-53-49(34-16-6-2-7-17-34)52-50(54-51)35-18-8-3-9-19-35/h1-32H/i2D,3D,6D,7D,8D,9D,16D,17D,18D,19D. The van der Waals surface area contributed by atoms with Crippen molar-refractivity contribution in [2.45, 2.75) is 0 Å². The largest absolute Gasteiger partial charge is 0.456 e. The molecule has 0 aliphatic rings. The van der Waals surface area contributed by atoms with Gasteiger partial charge in [-0.15, -0.1) is 11.3 Å². The van der Waals surface area contributed by atoms with Gasteiger partial charge in [-0.25, -0.2) is 15.0 Å². The minimum absolute atomic E-state index is 0.0491. The first kappa shape index (κ1) is 24.2. The maximum absolute atomic E-state index is 8.77.